The summed E-state index contributed by atoms with van der Waals surface area (Å²) in [5.41, 5.74) is 1.19. The van der Waals surface area contributed by atoms with E-state index < -0.39 is 26.5 Å². The Morgan fingerprint density at radius 2 is 1.83 bits per heavy atom. The molecule has 1 aliphatic heterocycles. The summed E-state index contributed by atoms with van der Waals surface area (Å²) in [5.74, 6) is -0.657. The van der Waals surface area contributed by atoms with E-state index in [1.807, 2.05) is 25.1 Å². The van der Waals surface area contributed by atoms with E-state index in [0.29, 0.717) is 5.69 Å². The molecule has 0 bridgehead atoms. The summed E-state index contributed by atoms with van der Waals surface area (Å²) in [6, 6.07) is 15.7. The summed E-state index contributed by atoms with van der Waals surface area (Å²) < 4.78 is 25.6. The number of carbonyl (C=O) groups excluding carboxylic acids is 2. The van der Waals surface area contributed by atoms with Crippen molar-refractivity contribution in [2.45, 2.75) is 29.0 Å². The van der Waals surface area contributed by atoms with Gasteiger partial charge in [0.25, 0.3) is 0 Å². The minimum atomic E-state index is -3.79. The number of hydrogen-bond donors (Lipinski definition) is 3. The number of rotatable bonds is 7. The van der Waals surface area contributed by atoms with Gasteiger partial charge < -0.3 is 10.6 Å². The Balaban J connectivity index is 1.54. The lowest BCUT2D eigenvalue weighted by atomic mass is 10.2. The van der Waals surface area contributed by atoms with Gasteiger partial charge in [-0.25, -0.2) is 8.42 Å². The van der Waals surface area contributed by atoms with E-state index in [9.17, 15) is 18.0 Å². The first-order chi connectivity index (χ1) is 13.9. The van der Waals surface area contributed by atoms with E-state index in [1.165, 1.54) is 23.9 Å². The minimum absolute atomic E-state index is 0.0122. The standard InChI is InChI=1S/C20H23N3O4S2/c1-2-14-8-10-16(11-9-14)29(26,27)17-12-21-20(23-19(17)25)28-13-18(24)22-15-6-4-3-5-7-15/h3-11,17,20-21H,2,12-13H2,1H3,(H,22,24)(H,23,25). The third kappa shape index (κ3) is 5.37. The Hall–Kier alpha value is -2.36. The van der Waals surface area contributed by atoms with E-state index in [0.717, 1.165) is 12.0 Å². The smallest absolute Gasteiger partial charge is 0.241 e. The summed E-state index contributed by atoms with van der Waals surface area (Å²) in [4.78, 5) is 24.6. The van der Waals surface area contributed by atoms with Crippen molar-refractivity contribution in [1.29, 1.82) is 0 Å². The molecule has 7 nitrogen and oxygen atoms in total. The van der Waals surface area contributed by atoms with Crippen molar-refractivity contribution in [2.75, 3.05) is 17.6 Å². The van der Waals surface area contributed by atoms with Crippen molar-refractivity contribution in [3.8, 4) is 0 Å². The van der Waals surface area contributed by atoms with Gasteiger partial charge in [-0.2, -0.15) is 0 Å². The van der Waals surface area contributed by atoms with Gasteiger partial charge in [-0.05, 0) is 36.2 Å². The quantitative estimate of drug-likeness (QED) is 0.615. The van der Waals surface area contributed by atoms with Gasteiger partial charge in [-0.1, -0.05) is 37.3 Å². The highest BCUT2D eigenvalue weighted by molar-refractivity contribution is 8.00. The van der Waals surface area contributed by atoms with E-state index in [4.69, 9.17) is 0 Å². The number of hydrogen-bond acceptors (Lipinski definition) is 6. The van der Waals surface area contributed by atoms with Crippen LogP contribution in [-0.4, -0.2) is 43.3 Å². The Bertz CT molecular complexity index is 963. The minimum Gasteiger partial charge on any atom is -0.331 e. The normalized spacial score (nSPS) is 19.4. The number of anilines is 1. The van der Waals surface area contributed by atoms with Crippen LogP contribution < -0.4 is 16.0 Å². The second-order valence-corrected chi connectivity index (χ2v) is 9.78. The lowest BCUT2D eigenvalue weighted by Gasteiger charge is -2.29. The van der Waals surface area contributed by atoms with E-state index in [2.05, 4.69) is 16.0 Å². The summed E-state index contributed by atoms with van der Waals surface area (Å²) in [5, 5.41) is 7.18. The molecule has 2 atom stereocenters. The van der Waals surface area contributed by atoms with Crippen LogP contribution in [0.15, 0.2) is 59.5 Å². The van der Waals surface area contributed by atoms with Gasteiger partial charge in [0.1, 0.15) is 5.50 Å². The van der Waals surface area contributed by atoms with Crippen LogP contribution in [0.1, 0.15) is 12.5 Å². The van der Waals surface area contributed by atoms with Gasteiger partial charge in [0.2, 0.25) is 11.8 Å². The maximum Gasteiger partial charge on any atom is 0.241 e. The van der Waals surface area contributed by atoms with Crippen LogP contribution >= 0.6 is 11.8 Å². The molecule has 1 heterocycles. The molecule has 3 rings (SSSR count). The number of amides is 2. The predicted molar refractivity (Wildman–Crippen MR) is 114 cm³/mol. The molecular weight excluding hydrogens is 410 g/mol. The van der Waals surface area contributed by atoms with Crippen molar-refractivity contribution in [3.05, 3.63) is 60.2 Å². The zero-order valence-electron chi connectivity index (χ0n) is 15.9. The lowest BCUT2D eigenvalue weighted by molar-refractivity contribution is -0.122. The zero-order chi connectivity index (χ0) is 20.9. The third-order valence-corrected chi connectivity index (χ3v) is 7.63. The highest BCUT2D eigenvalue weighted by Crippen LogP contribution is 2.20. The monoisotopic (exact) mass is 433 g/mol. The van der Waals surface area contributed by atoms with Crippen LogP contribution in [0.5, 0.6) is 0 Å². The maximum absolute atomic E-state index is 12.8. The maximum atomic E-state index is 12.8. The van der Waals surface area contributed by atoms with Crippen LogP contribution in [0, 0.1) is 0 Å². The summed E-state index contributed by atoms with van der Waals surface area (Å²) in [7, 11) is -3.79. The third-order valence-electron chi connectivity index (χ3n) is 4.53. The number of benzene rings is 2. The summed E-state index contributed by atoms with van der Waals surface area (Å²) in [6.45, 7) is 1.97. The summed E-state index contributed by atoms with van der Waals surface area (Å²) in [6.07, 6.45) is 0.808. The first kappa shape index (κ1) is 21.4. The summed E-state index contributed by atoms with van der Waals surface area (Å²) >= 11 is 1.19. The molecule has 9 heteroatoms. The molecule has 154 valence electrons. The number of thioether (sulfide) groups is 1. The van der Waals surface area contributed by atoms with Crippen molar-refractivity contribution >= 4 is 39.1 Å². The van der Waals surface area contributed by atoms with E-state index >= 15 is 0 Å². The molecule has 2 aromatic rings. The Kier molecular flexibility index (Phi) is 6.94. The first-order valence-electron chi connectivity index (χ1n) is 9.23. The molecule has 1 fully saturated rings. The van der Waals surface area contributed by atoms with Crippen molar-refractivity contribution in [2.24, 2.45) is 0 Å². The average molecular weight is 434 g/mol. The van der Waals surface area contributed by atoms with Crippen LogP contribution in [0.25, 0.3) is 0 Å². The molecule has 2 amide bonds. The molecule has 0 spiro atoms. The fraction of sp³-hybridized carbons (Fsp3) is 0.300. The lowest BCUT2D eigenvalue weighted by Crippen LogP contribution is -2.59. The van der Waals surface area contributed by atoms with Crippen LogP contribution in [0.2, 0.25) is 0 Å². The van der Waals surface area contributed by atoms with E-state index in [1.54, 1.807) is 24.3 Å². The van der Waals surface area contributed by atoms with E-state index in [-0.39, 0.29) is 23.1 Å². The van der Waals surface area contributed by atoms with Gasteiger partial charge in [-0.3, -0.25) is 14.9 Å². The molecule has 2 aromatic carbocycles. The molecular formula is C20H23N3O4S2. The van der Waals surface area contributed by atoms with Gasteiger partial charge >= 0.3 is 0 Å². The van der Waals surface area contributed by atoms with Gasteiger partial charge in [0.05, 0.1) is 10.6 Å². The molecule has 1 saturated heterocycles. The van der Waals surface area contributed by atoms with Crippen LogP contribution in [0.3, 0.4) is 0 Å². The van der Waals surface area contributed by atoms with Crippen molar-refractivity contribution < 1.29 is 18.0 Å². The number of nitrogens with one attached hydrogen (secondary N) is 3. The molecule has 0 saturated carbocycles. The number of carbonyl (C=O) groups is 2. The number of para-hydroxylation sites is 1. The molecule has 0 radical (unpaired) electrons. The highest BCUT2D eigenvalue weighted by atomic mass is 32.2. The van der Waals surface area contributed by atoms with Crippen LogP contribution in [0.4, 0.5) is 5.69 Å². The first-order valence-corrected chi connectivity index (χ1v) is 11.8. The SMILES string of the molecule is CCc1ccc(S(=O)(=O)C2CNC(SCC(=O)Nc3ccccc3)NC2=O)cc1. The van der Waals surface area contributed by atoms with Crippen LogP contribution in [-0.2, 0) is 25.8 Å². The predicted octanol–water partition coefficient (Wildman–Crippen LogP) is 1.77. The topological polar surface area (TPSA) is 104 Å². The molecule has 0 aromatic heterocycles. The molecule has 1 aliphatic rings. The van der Waals surface area contributed by atoms with Crippen molar-refractivity contribution in [1.82, 2.24) is 10.6 Å². The second-order valence-electron chi connectivity index (χ2n) is 6.55. The fourth-order valence-electron chi connectivity index (χ4n) is 2.89. The van der Waals surface area contributed by atoms with Gasteiger partial charge in [-0.15, -0.1) is 11.8 Å². The van der Waals surface area contributed by atoms with Gasteiger partial charge in [0.15, 0.2) is 15.1 Å². The number of aryl methyl sites for hydroxylation is 1. The Labute approximate surface area is 174 Å². The van der Waals surface area contributed by atoms with Gasteiger partial charge in [0, 0.05) is 12.2 Å². The average Bonchev–Trinajstić information content (AvgIpc) is 2.73. The molecule has 29 heavy (non-hydrogen) atoms. The largest absolute Gasteiger partial charge is 0.331 e. The second kappa shape index (κ2) is 9.43. The molecule has 2 unspecified atom stereocenters. The molecule has 3 N–H and O–H groups in total. The Morgan fingerprint density at radius 1 is 1.14 bits per heavy atom. The Morgan fingerprint density at radius 3 is 2.45 bits per heavy atom. The fourth-order valence-corrected chi connectivity index (χ4v) is 5.20. The van der Waals surface area contributed by atoms with Crippen molar-refractivity contribution in [3.63, 3.8) is 0 Å². The molecule has 0 aliphatic carbocycles. The number of sulfone groups is 1. The highest BCUT2D eigenvalue weighted by Gasteiger charge is 2.38. The zero-order valence-corrected chi connectivity index (χ0v) is 17.6.